The van der Waals surface area contributed by atoms with E-state index in [-0.39, 0.29) is 24.5 Å². The first kappa shape index (κ1) is 23.3. The summed E-state index contributed by atoms with van der Waals surface area (Å²) in [5.41, 5.74) is 4.65. The van der Waals surface area contributed by atoms with E-state index in [0.29, 0.717) is 37.3 Å². The monoisotopic (exact) mass is 486 g/mol. The van der Waals surface area contributed by atoms with E-state index in [1.54, 1.807) is 17.0 Å². The Morgan fingerprint density at radius 2 is 2.00 bits per heavy atom. The second-order valence-electron chi connectivity index (χ2n) is 8.69. The van der Waals surface area contributed by atoms with Crippen LogP contribution in [-0.4, -0.2) is 55.7 Å². The molecule has 2 aliphatic rings. The first-order valence-electron chi connectivity index (χ1n) is 11.8. The molecule has 1 aromatic heterocycles. The Morgan fingerprint density at radius 1 is 1.17 bits per heavy atom. The molecule has 0 saturated carbocycles. The Morgan fingerprint density at radius 3 is 2.69 bits per heavy atom. The molecule has 3 aromatic rings. The molecule has 1 fully saturated rings. The summed E-state index contributed by atoms with van der Waals surface area (Å²) in [4.78, 5) is 42.1. The lowest BCUT2D eigenvalue weighted by Gasteiger charge is -2.15. The van der Waals surface area contributed by atoms with E-state index < -0.39 is 5.97 Å². The lowest BCUT2D eigenvalue weighted by molar-refractivity contribution is -0.120. The number of ether oxygens (including phenoxy) is 2. The molecule has 1 unspecified atom stereocenters. The minimum Gasteiger partial charge on any atom is -0.487 e. The number of carbonyl (C=O) groups is 3. The van der Waals surface area contributed by atoms with Crippen LogP contribution in [0.4, 0.5) is 10.5 Å². The highest BCUT2D eigenvalue weighted by atomic mass is 16.5. The second-order valence-corrected chi connectivity index (χ2v) is 8.69. The number of esters is 1. The first-order valence-corrected chi connectivity index (χ1v) is 11.8. The smallest absolute Gasteiger partial charge is 0.339 e. The van der Waals surface area contributed by atoms with Crippen LogP contribution in [0, 0.1) is 0 Å². The number of urea groups is 1. The lowest BCUT2D eigenvalue weighted by Crippen LogP contribution is -2.35. The van der Waals surface area contributed by atoms with Gasteiger partial charge >= 0.3 is 12.0 Å². The quantitative estimate of drug-likeness (QED) is 0.497. The van der Waals surface area contributed by atoms with Crippen molar-refractivity contribution in [3.8, 4) is 17.0 Å². The van der Waals surface area contributed by atoms with Crippen molar-refractivity contribution < 1.29 is 23.9 Å². The molecule has 36 heavy (non-hydrogen) atoms. The Balaban J connectivity index is 1.17. The van der Waals surface area contributed by atoms with Crippen LogP contribution >= 0.6 is 0 Å². The van der Waals surface area contributed by atoms with Gasteiger partial charge in [-0.05, 0) is 41.5 Å². The molecular formula is C27H26N4O5. The summed E-state index contributed by atoms with van der Waals surface area (Å²) in [5, 5.41) is 5.74. The van der Waals surface area contributed by atoms with Gasteiger partial charge in [0.05, 0.1) is 31.3 Å². The lowest BCUT2D eigenvalue weighted by atomic mass is 10.0. The van der Waals surface area contributed by atoms with Gasteiger partial charge in [-0.15, -0.1) is 0 Å². The van der Waals surface area contributed by atoms with E-state index in [2.05, 4.69) is 15.6 Å². The van der Waals surface area contributed by atoms with Gasteiger partial charge in [-0.25, -0.2) is 9.59 Å². The molecule has 2 aromatic carbocycles. The minimum absolute atomic E-state index is 0.0958. The summed E-state index contributed by atoms with van der Waals surface area (Å²) in [6, 6.07) is 16.7. The summed E-state index contributed by atoms with van der Waals surface area (Å²) in [5.74, 6) is 0.215. The van der Waals surface area contributed by atoms with Crippen molar-refractivity contribution >= 4 is 23.6 Å². The fourth-order valence-corrected chi connectivity index (χ4v) is 4.43. The number of hydrogen-bond acceptors (Lipinski definition) is 6. The van der Waals surface area contributed by atoms with Crippen LogP contribution in [0.5, 0.6) is 5.75 Å². The van der Waals surface area contributed by atoms with Gasteiger partial charge in [-0.1, -0.05) is 24.3 Å². The van der Waals surface area contributed by atoms with Gasteiger partial charge < -0.3 is 20.1 Å². The fraction of sp³-hybridized carbons (Fsp3) is 0.259. The van der Waals surface area contributed by atoms with Crippen LogP contribution in [0.1, 0.15) is 21.5 Å². The van der Waals surface area contributed by atoms with E-state index in [9.17, 15) is 14.4 Å². The molecule has 3 amide bonds. The number of fused-ring (bicyclic) bond motifs is 1. The van der Waals surface area contributed by atoms with Gasteiger partial charge in [0, 0.05) is 37.0 Å². The van der Waals surface area contributed by atoms with Crippen LogP contribution in [0.15, 0.2) is 60.8 Å². The zero-order valence-electron chi connectivity index (χ0n) is 19.8. The average Bonchev–Trinajstić information content (AvgIpc) is 3.53. The number of anilines is 1. The normalized spacial score (nSPS) is 16.2. The minimum atomic E-state index is -0.436. The third-order valence-electron chi connectivity index (χ3n) is 6.29. The molecule has 9 nitrogen and oxygen atoms in total. The summed E-state index contributed by atoms with van der Waals surface area (Å²) < 4.78 is 10.9. The van der Waals surface area contributed by atoms with E-state index in [1.807, 2.05) is 42.5 Å². The highest BCUT2D eigenvalue weighted by Crippen LogP contribution is 2.38. The maximum Gasteiger partial charge on any atom is 0.339 e. The molecule has 0 radical (unpaired) electrons. The Kier molecular flexibility index (Phi) is 6.53. The van der Waals surface area contributed by atoms with Crippen molar-refractivity contribution in [1.82, 2.24) is 15.6 Å². The van der Waals surface area contributed by atoms with Gasteiger partial charge in [-0.2, -0.15) is 0 Å². The third kappa shape index (κ3) is 4.86. The number of carbonyl (C=O) groups excluding carboxylic acids is 3. The Labute approximate surface area is 208 Å². The molecule has 3 heterocycles. The molecular weight excluding hydrogens is 460 g/mol. The topological polar surface area (TPSA) is 110 Å². The fourth-order valence-electron chi connectivity index (χ4n) is 4.43. The number of aromatic nitrogens is 1. The Hall–Kier alpha value is -4.40. The predicted molar refractivity (Wildman–Crippen MR) is 133 cm³/mol. The standard InChI is InChI=1S/C27H26N4O5/c1-35-26(33)19-7-10-23(29-15-19)22-4-2-3-18-14-21(36-25(18)22)16-30-24(32)13-17-5-8-20(9-6-17)31-12-11-28-27(31)34/h2-10,15,21H,11-14,16H2,1H3,(H,28,34)(H,30,32). The van der Waals surface area contributed by atoms with E-state index in [0.717, 1.165) is 28.1 Å². The van der Waals surface area contributed by atoms with Crippen LogP contribution < -0.4 is 20.3 Å². The molecule has 0 aliphatic carbocycles. The number of para-hydroxylation sites is 1. The first-order chi connectivity index (χ1) is 17.5. The molecule has 9 heteroatoms. The average molecular weight is 487 g/mol. The summed E-state index contributed by atoms with van der Waals surface area (Å²) in [6.45, 7) is 1.66. The van der Waals surface area contributed by atoms with Crippen molar-refractivity contribution in [3.63, 3.8) is 0 Å². The molecule has 2 aliphatic heterocycles. The molecule has 5 rings (SSSR count). The highest BCUT2D eigenvalue weighted by Gasteiger charge is 2.27. The number of nitrogens with zero attached hydrogens (tertiary/aromatic N) is 2. The van der Waals surface area contributed by atoms with Crippen molar-refractivity contribution in [3.05, 3.63) is 77.5 Å². The number of benzene rings is 2. The van der Waals surface area contributed by atoms with Gasteiger partial charge in [0.25, 0.3) is 0 Å². The van der Waals surface area contributed by atoms with Crippen molar-refractivity contribution in [2.24, 2.45) is 0 Å². The van der Waals surface area contributed by atoms with Crippen LogP contribution in [-0.2, 0) is 22.4 Å². The van der Waals surface area contributed by atoms with Gasteiger partial charge in [0.1, 0.15) is 11.9 Å². The number of nitrogens with one attached hydrogen (secondary N) is 2. The molecule has 1 saturated heterocycles. The summed E-state index contributed by atoms with van der Waals surface area (Å²) in [6.07, 6.45) is 2.22. The zero-order chi connectivity index (χ0) is 25.1. The van der Waals surface area contributed by atoms with Crippen molar-refractivity contribution in [2.75, 3.05) is 31.6 Å². The number of pyridine rings is 1. The maximum atomic E-state index is 12.5. The maximum absolute atomic E-state index is 12.5. The summed E-state index contributed by atoms with van der Waals surface area (Å²) in [7, 11) is 1.33. The second kappa shape index (κ2) is 10.1. The van der Waals surface area contributed by atoms with Gasteiger partial charge in [0.15, 0.2) is 0 Å². The number of hydrogen-bond donors (Lipinski definition) is 2. The van der Waals surface area contributed by atoms with Crippen LogP contribution in [0.3, 0.4) is 0 Å². The highest BCUT2D eigenvalue weighted by molar-refractivity contribution is 5.94. The van der Waals surface area contributed by atoms with E-state index in [1.165, 1.54) is 13.3 Å². The number of rotatable bonds is 7. The van der Waals surface area contributed by atoms with Gasteiger partial charge in [0.2, 0.25) is 5.91 Å². The summed E-state index contributed by atoms with van der Waals surface area (Å²) >= 11 is 0. The predicted octanol–water partition coefficient (Wildman–Crippen LogP) is 2.73. The van der Waals surface area contributed by atoms with Crippen molar-refractivity contribution in [2.45, 2.75) is 18.9 Å². The molecule has 0 spiro atoms. The molecule has 184 valence electrons. The van der Waals surface area contributed by atoms with Crippen LogP contribution in [0.25, 0.3) is 11.3 Å². The van der Waals surface area contributed by atoms with E-state index >= 15 is 0 Å². The Bertz CT molecular complexity index is 1290. The largest absolute Gasteiger partial charge is 0.487 e. The third-order valence-corrected chi connectivity index (χ3v) is 6.29. The van der Waals surface area contributed by atoms with Crippen molar-refractivity contribution in [1.29, 1.82) is 0 Å². The number of amides is 3. The molecule has 1 atom stereocenters. The van der Waals surface area contributed by atoms with Gasteiger partial charge in [-0.3, -0.25) is 14.7 Å². The molecule has 0 bridgehead atoms. The van der Waals surface area contributed by atoms with Crippen LogP contribution in [0.2, 0.25) is 0 Å². The zero-order valence-corrected chi connectivity index (χ0v) is 19.8. The SMILES string of the molecule is COC(=O)c1ccc(-c2cccc3c2OC(CNC(=O)Cc2ccc(N4CCNC4=O)cc2)C3)nc1. The van der Waals surface area contributed by atoms with E-state index in [4.69, 9.17) is 9.47 Å². The molecule has 2 N–H and O–H groups in total. The number of methoxy groups -OCH3 is 1.